The molecule has 108 valence electrons. The number of carbonyl (C=O) groups is 1. The van der Waals surface area contributed by atoms with Gasteiger partial charge in [0.15, 0.2) is 0 Å². The first-order chi connectivity index (χ1) is 10.8. The van der Waals surface area contributed by atoms with E-state index >= 15 is 0 Å². The summed E-state index contributed by atoms with van der Waals surface area (Å²) in [6, 6.07) is 16.2. The van der Waals surface area contributed by atoms with E-state index < -0.39 is 0 Å². The Balaban J connectivity index is 1.69. The van der Waals surface area contributed by atoms with Crippen molar-refractivity contribution >= 4 is 22.7 Å². The van der Waals surface area contributed by atoms with Gasteiger partial charge in [0.05, 0.1) is 16.7 Å². The Morgan fingerprint density at radius 3 is 2.59 bits per heavy atom. The molecule has 1 aliphatic heterocycles. The number of nitrogens with zero attached hydrogens (tertiary/aromatic N) is 3. The highest BCUT2D eigenvalue weighted by molar-refractivity contribution is 6.04. The Bertz CT molecular complexity index is 877. The normalized spacial score (nSPS) is 14.7. The van der Waals surface area contributed by atoms with Gasteiger partial charge in [0.25, 0.3) is 0 Å². The molecule has 0 saturated carbocycles. The van der Waals surface area contributed by atoms with Crippen molar-refractivity contribution in [3.8, 4) is 5.69 Å². The molecule has 2 aromatic carbocycles. The number of hydrogen-bond donors (Lipinski definition) is 1. The van der Waals surface area contributed by atoms with Gasteiger partial charge in [0, 0.05) is 18.5 Å². The first-order valence-corrected chi connectivity index (χ1v) is 7.19. The molecule has 4 rings (SSSR count). The molecule has 1 amide bonds. The van der Waals surface area contributed by atoms with Gasteiger partial charge in [-0.15, -0.1) is 0 Å². The summed E-state index contributed by atoms with van der Waals surface area (Å²) in [5, 5.41) is 4.12. The maximum Gasteiger partial charge on any atom is 0.240 e. The summed E-state index contributed by atoms with van der Waals surface area (Å²) < 4.78 is 2.06. The van der Waals surface area contributed by atoms with Gasteiger partial charge in [-0.25, -0.2) is 10.4 Å². The summed E-state index contributed by atoms with van der Waals surface area (Å²) >= 11 is 0. The molecule has 1 aromatic heterocycles. The molecule has 0 unspecified atom stereocenters. The summed E-state index contributed by atoms with van der Waals surface area (Å²) in [6.07, 6.45) is 3.00. The number of benzene rings is 2. The third kappa shape index (κ3) is 2.16. The topological polar surface area (TPSA) is 59.3 Å². The number of imidazole rings is 1. The van der Waals surface area contributed by atoms with E-state index in [1.165, 1.54) is 0 Å². The fraction of sp³-hybridized carbons (Fsp3) is 0.118. The van der Waals surface area contributed by atoms with E-state index in [0.29, 0.717) is 12.8 Å². The average Bonchev–Trinajstić information content (AvgIpc) is 3.00. The fourth-order valence-corrected chi connectivity index (χ4v) is 2.66. The molecule has 22 heavy (non-hydrogen) atoms. The minimum Gasteiger partial charge on any atom is -0.299 e. The molecule has 3 aromatic rings. The minimum atomic E-state index is -0.0229. The Morgan fingerprint density at radius 1 is 1.00 bits per heavy atom. The molecule has 5 heteroatoms. The lowest BCUT2D eigenvalue weighted by molar-refractivity contribution is -0.121. The minimum absolute atomic E-state index is 0.0229. The van der Waals surface area contributed by atoms with E-state index in [9.17, 15) is 4.79 Å². The van der Waals surface area contributed by atoms with Crippen LogP contribution in [0.1, 0.15) is 18.4 Å². The molecule has 0 atom stereocenters. The first-order valence-electron chi connectivity index (χ1n) is 7.19. The predicted molar refractivity (Wildman–Crippen MR) is 85.0 cm³/mol. The molecule has 2 heterocycles. The van der Waals surface area contributed by atoms with E-state index in [1.54, 1.807) is 0 Å². The van der Waals surface area contributed by atoms with Gasteiger partial charge in [-0.2, -0.15) is 5.10 Å². The number of hydrazone groups is 1. The van der Waals surface area contributed by atoms with Crippen LogP contribution in [0.25, 0.3) is 16.7 Å². The van der Waals surface area contributed by atoms with Crippen LogP contribution in [0.15, 0.2) is 60.0 Å². The quantitative estimate of drug-likeness (QED) is 0.788. The third-order valence-electron chi connectivity index (χ3n) is 3.84. The highest BCUT2D eigenvalue weighted by atomic mass is 16.2. The van der Waals surface area contributed by atoms with E-state index in [-0.39, 0.29) is 5.91 Å². The summed E-state index contributed by atoms with van der Waals surface area (Å²) in [6.45, 7) is 0. The lowest BCUT2D eigenvalue weighted by atomic mass is 10.0. The lowest BCUT2D eigenvalue weighted by Crippen LogP contribution is -2.25. The van der Waals surface area contributed by atoms with Crippen molar-refractivity contribution in [2.24, 2.45) is 5.10 Å². The Kier molecular flexibility index (Phi) is 2.96. The molecule has 0 spiro atoms. The maximum absolute atomic E-state index is 11.1. The smallest absolute Gasteiger partial charge is 0.240 e. The van der Waals surface area contributed by atoms with E-state index in [2.05, 4.69) is 26.1 Å². The van der Waals surface area contributed by atoms with Gasteiger partial charge >= 0.3 is 0 Å². The SMILES string of the molecule is O=C1CCC(c2ccc(-n3cnc4ccccc43)cc2)=NN1. The van der Waals surface area contributed by atoms with Crippen molar-refractivity contribution in [2.45, 2.75) is 12.8 Å². The molecule has 0 saturated heterocycles. The molecule has 1 aliphatic rings. The van der Waals surface area contributed by atoms with Crippen LogP contribution in [0.3, 0.4) is 0 Å². The fourth-order valence-electron chi connectivity index (χ4n) is 2.66. The second-order valence-corrected chi connectivity index (χ2v) is 5.24. The van der Waals surface area contributed by atoms with Crippen LogP contribution < -0.4 is 5.43 Å². The number of carbonyl (C=O) groups excluding carboxylic acids is 1. The number of amides is 1. The van der Waals surface area contributed by atoms with Crippen LogP contribution in [-0.4, -0.2) is 21.2 Å². The summed E-state index contributed by atoms with van der Waals surface area (Å²) in [5.41, 5.74) is 7.60. The zero-order valence-electron chi connectivity index (χ0n) is 11.9. The van der Waals surface area contributed by atoms with Gasteiger partial charge < -0.3 is 0 Å². The van der Waals surface area contributed by atoms with Crippen molar-refractivity contribution in [3.63, 3.8) is 0 Å². The monoisotopic (exact) mass is 290 g/mol. The van der Waals surface area contributed by atoms with Gasteiger partial charge in [0.1, 0.15) is 6.33 Å². The molecule has 0 aliphatic carbocycles. The molecular formula is C17H14N4O. The van der Waals surface area contributed by atoms with Gasteiger partial charge in [0.2, 0.25) is 5.91 Å². The highest BCUT2D eigenvalue weighted by Gasteiger charge is 2.13. The van der Waals surface area contributed by atoms with Gasteiger partial charge in [-0.05, 0) is 29.8 Å². The van der Waals surface area contributed by atoms with Crippen molar-refractivity contribution in [3.05, 3.63) is 60.4 Å². The highest BCUT2D eigenvalue weighted by Crippen LogP contribution is 2.19. The Labute approximate surface area is 127 Å². The van der Waals surface area contributed by atoms with E-state index in [4.69, 9.17) is 0 Å². The van der Waals surface area contributed by atoms with Gasteiger partial charge in [-0.3, -0.25) is 9.36 Å². The summed E-state index contributed by atoms with van der Waals surface area (Å²) in [5.74, 6) is -0.0229. The molecule has 0 radical (unpaired) electrons. The third-order valence-corrected chi connectivity index (χ3v) is 3.84. The standard InChI is InChI=1S/C17H14N4O/c22-17-10-9-14(19-20-17)12-5-7-13(8-6-12)21-11-18-15-3-1-2-4-16(15)21/h1-8,11H,9-10H2,(H,20,22). The van der Waals surface area contributed by atoms with E-state index in [0.717, 1.165) is 28.0 Å². The van der Waals surface area contributed by atoms with Crippen molar-refractivity contribution in [1.29, 1.82) is 0 Å². The van der Waals surface area contributed by atoms with Crippen LogP contribution >= 0.6 is 0 Å². The van der Waals surface area contributed by atoms with Crippen LogP contribution in [0.5, 0.6) is 0 Å². The number of nitrogens with one attached hydrogen (secondary N) is 1. The van der Waals surface area contributed by atoms with Crippen LogP contribution in [0, 0.1) is 0 Å². The maximum atomic E-state index is 11.1. The molecule has 1 N–H and O–H groups in total. The number of para-hydroxylation sites is 2. The number of fused-ring (bicyclic) bond motifs is 1. The predicted octanol–water partition coefficient (Wildman–Crippen LogP) is 2.64. The zero-order valence-corrected chi connectivity index (χ0v) is 11.9. The number of hydrogen-bond acceptors (Lipinski definition) is 3. The number of aromatic nitrogens is 2. The lowest BCUT2D eigenvalue weighted by Gasteiger charge is -2.12. The number of rotatable bonds is 2. The van der Waals surface area contributed by atoms with Crippen molar-refractivity contribution in [2.75, 3.05) is 0 Å². The molecule has 0 fully saturated rings. The van der Waals surface area contributed by atoms with Crippen molar-refractivity contribution < 1.29 is 4.79 Å². The molecule has 0 bridgehead atoms. The van der Waals surface area contributed by atoms with Crippen molar-refractivity contribution in [1.82, 2.24) is 15.0 Å². The van der Waals surface area contributed by atoms with Crippen LogP contribution in [-0.2, 0) is 4.79 Å². The Morgan fingerprint density at radius 2 is 1.82 bits per heavy atom. The van der Waals surface area contributed by atoms with Crippen LogP contribution in [0.4, 0.5) is 0 Å². The molecular weight excluding hydrogens is 276 g/mol. The van der Waals surface area contributed by atoms with E-state index in [1.807, 2.05) is 48.8 Å². The second-order valence-electron chi connectivity index (χ2n) is 5.24. The van der Waals surface area contributed by atoms with Gasteiger partial charge in [-0.1, -0.05) is 24.3 Å². The van der Waals surface area contributed by atoms with Crippen LogP contribution in [0.2, 0.25) is 0 Å². The zero-order chi connectivity index (χ0) is 14.9. The second kappa shape index (κ2) is 5.11. The Hall–Kier alpha value is -2.95. The molecule has 5 nitrogen and oxygen atoms in total. The average molecular weight is 290 g/mol. The first kappa shape index (κ1) is 12.8. The largest absolute Gasteiger partial charge is 0.299 e. The summed E-state index contributed by atoms with van der Waals surface area (Å²) in [7, 11) is 0. The summed E-state index contributed by atoms with van der Waals surface area (Å²) in [4.78, 5) is 15.6.